The van der Waals surface area contributed by atoms with Crippen molar-refractivity contribution in [3.05, 3.63) is 36.9 Å². The SMILES string of the molecule is CC.Cn1c2ccncc2c2cnccc21. The van der Waals surface area contributed by atoms with Crippen molar-refractivity contribution in [2.45, 2.75) is 13.8 Å². The third kappa shape index (κ3) is 1.45. The highest BCUT2D eigenvalue weighted by Gasteiger charge is 2.06. The summed E-state index contributed by atoms with van der Waals surface area (Å²) in [6.45, 7) is 4.00. The van der Waals surface area contributed by atoms with Gasteiger partial charge in [-0.25, -0.2) is 0 Å². The van der Waals surface area contributed by atoms with Crippen LogP contribution in [0.1, 0.15) is 13.8 Å². The number of rotatable bonds is 0. The van der Waals surface area contributed by atoms with Crippen molar-refractivity contribution in [1.82, 2.24) is 14.5 Å². The molecule has 0 aliphatic rings. The van der Waals surface area contributed by atoms with Gasteiger partial charge in [0.1, 0.15) is 0 Å². The molecule has 0 aliphatic heterocycles. The lowest BCUT2D eigenvalue weighted by Gasteiger charge is -1.95. The Morgan fingerprint density at radius 3 is 1.75 bits per heavy atom. The van der Waals surface area contributed by atoms with E-state index in [0.717, 1.165) is 10.8 Å². The number of aromatic nitrogens is 3. The van der Waals surface area contributed by atoms with E-state index in [1.54, 1.807) is 0 Å². The summed E-state index contributed by atoms with van der Waals surface area (Å²) < 4.78 is 2.16. The number of aryl methyl sites for hydroxylation is 1. The number of hydrogen-bond donors (Lipinski definition) is 0. The van der Waals surface area contributed by atoms with Crippen molar-refractivity contribution >= 4 is 21.8 Å². The van der Waals surface area contributed by atoms with Crippen LogP contribution in [0.15, 0.2) is 36.9 Å². The normalized spacial score (nSPS) is 10.2. The summed E-state index contributed by atoms with van der Waals surface area (Å²) in [4.78, 5) is 8.27. The number of fused-ring (bicyclic) bond motifs is 3. The van der Waals surface area contributed by atoms with Gasteiger partial charge in [0.15, 0.2) is 0 Å². The molecule has 0 saturated carbocycles. The zero-order valence-electron chi connectivity index (χ0n) is 9.81. The molecule has 0 radical (unpaired) electrons. The predicted octanol–water partition coefficient (Wildman–Crippen LogP) is 3.15. The van der Waals surface area contributed by atoms with Crippen molar-refractivity contribution in [3.8, 4) is 0 Å². The minimum Gasteiger partial charge on any atom is -0.343 e. The summed E-state index contributed by atoms with van der Waals surface area (Å²) in [5.74, 6) is 0. The molecule has 3 rings (SSSR count). The number of hydrogen-bond acceptors (Lipinski definition) is 2. The fraction of sp³-hybridized carbons (Fsp3) is 0.231. The molecular weight excluding hydrogens is 198 g/mol. The molecule has 3 aromatic rings. The Morgan fingerprint density at radius 2 is 1.31 bits per heavy atom. The largest absolute Gasteiger partial charge is 0.343 e. The smallest absolute Gasteiger partial charge is 0.0520 e. The summed E-state index contributed by atoms with van der Waals surface area (Å²) in [5, 5.41) is 2.33. The monoisotopic (exact) mass is 213 g/mol. The second-order valence-electron chi connectivity index (χ2n) is 3.34. The molecule has 3 nitrogen and oxygen atoms in total. The van der Waals surface area contributed by atoms with Crippen LogP contribution in [0.2, 0.25) is 0 Å². The first-order valence-electron chi connectivity index (χ1n) is 5.50. The Kier molecular flexibility index (Phi) is 2.86. The van der Waals surface area contributed by atoms with Crippen LogP contribution >= 0.6 is 0 Å². The fourth-order valence-corrected chi connectivity index (χ4v) is 1.90. The average molecular weight is 213 g/mol. The van der Waals surface area contributed by atoms with Gasteiger partial charge in [0, 0.05) is 42.6 Å². The minimum absolute atomic E-state index is 1.16. The molecular formula is C13H15N3. The first kappa shape index (κ1) is 10.6. The Hall–Kier alpha value is -1.90. The molecule has 0 amide bonds. The Labute approximate surface area is 94.8 Å². The first-order valence-corrected chi connectivity index (χ1v) is 5.50. The summed E-state index contributed by atoms with van der Waals surface area (Å²) in [5.41, 5.74) is 2.39. The Bertz CT molecular complexity index is 557. The van der Waals surface area contributed by atoms with Gasteiger partial charge in [0.05, 0.1) is 11.0 Å². The van der Waals surface area contributed by atoms with Crippen LogP contribution in [-0.2, 0) is 7.05 Å². The van der Waals surface area contributed by atoms with E-state index in [-0.39, 0.29) is 0 Å². The maximum Gasteiger partial charge on any atom is 0.0520 e. The molecule has 3 heterocycles. The molecule has 3 aromatic heterocycles. The Balaban J connectivity index is 0.000000457. The molecule has 0 N–H and O–H groups in total. The molecule has 3 heteroatoms. The summed E-state index contributed by atoms with van der Waals surface area (Å²) in [6.07, 6.45) is 7.40. The van der Waals surface area contributed by atoms with Crippen LogP contribution in [0.3, 0.4) is 0 Å². The molecule has 0 unspecified atom stereocenters. The van der Waals surface area contributed by atoms with Crippen LogP contribution in [0.4, 0.5) is 0 Å². The van der Waals surface area contributed by atoms with E-state index in [9.17, 15) is 0 Å². The molecule has 0 aromatic carbocycles. The van der Waals surface area contributed by atoms with Crippen LogP contribution in [-0.4, -0.2) is 14.5 Å². The summed E-state index contributed by atoms with van der Waals surface area (Å²) >= 11 is 0. The topological polar surface area (TPSA) is 30.7 Å². The van der Waals surface area contributed by atoms with E-state index >= 15 is 0 Å². The zero-order chi connectivity index (χ0) is 11.5. The minimum atomic E-state index is 1.16. The highest BCUT2D eigenvalue weighted by atomic mass is 14.9. The maximum atomic E-state index is 4.14. The van der Waals surface area contributed by atoms with Crippen molar-refractivity contribution in [1.29, 1.82) is 0 Å². The van der Waals surface area contributed by atoms with Gasteiger partial charge in [-0.15, -0.1) is 0 Å². The molecule has 16 heavy (non-hydrogen) atoms. The van der Waals surface area contributed by atoms with Crippen LogP contribution in [0, 0.1) is 0 Å². The van der Waals surface area contributed by atoms with Gasteiger partial charge < -0.3 is 4.57 Å². The lowest BCUT2D eigenvalue weighted by Crippen LogP contribution is -1.85. The highest BCUT2D eigenvalue weighted by Crippen LogP contribution is 2.25. The number of nitrogens with zero attached hydrogens (tertiary/aromatic N) is 3. The van der Waals surface area contributed by atoms with E-state index in [0.29, 0.717) is 0 Å². The lowest BCUT2D eigenvalue weighted by atomic mass is 10.2. The van der Waals surface area contributed by atoms with E-state index < -0.39 is 0 Å². The van der Waals surface area contributed by atoms with Gasteiger partial charge in [-0.05, 0) is 12.1 Å². The van der Waals surface area contributed by atoms with Gasteiger partial charge in [-0.1, -0.05) is 13.8 Å². The predicted molar refractivity (Wildman–Crippen MR) is 67.4 cm³/mol. The van der Waals surface area contributed by atoms with Gasteiger partial charge in [-0.3, -0.25) is 9.97 Å². The fourth-order valence-electron chi connectivity index (χ4n) is 1.90. The van der Waals surface area contributed by atoms with E-state index in [2.05, 4.69) is 21.6 Å². The molecule has 0 spiro atoms. The van der Waals surface area contributed by atoms with Crippen molar-refractivity contribution in [3.63, 3.8) is 0 Å². The second-order valence-corrected chi connectivity index (χ2v) is 3.34. The van der Waals surface area contributed by atoms with Crippen molar-refractivity contribution in [2.75, 3.05) is 0 Å². The van der Waals surface area contributed by atoms with Crippen molar-refractivity contribution in [2.24, 2.45) is 7.05 Å². The van der Waals surface area contributed by atoms with Crippen LogP contribution in [0.25, 0.3) is 21.8 Å². The Morgan fingerprint density at radius 1 is 0.875 bits per heavy atom. The molecule has 0 bridgehead atoms. The molecule has 82 valence electrons. The third-order valence-corrected chi connectivity index (χ3v) is 2.61. The van der Waals surface area contributed by atoms with Gasteiger partial charge in [0.2, 0.25) is 0 Å². The third-order valence-electron chi connectivity index (χ3n) is 2.61. The van der Waals surface area contributed by atoms with Gasteiger partial charge in [-0.2, -0.15) is 0 Å². The molecule has 0 aliphatic carbocycles. The van der Waals surface area contributed by atoms with E-state index in [1.807, 2.05) is 50.8 Å². The molecule has 0 saturated heterocycles. The highest BCUT2D eigenvalue weighted by molar-refractivity contribution is 6.06. The maximum absolute atomic E-state index is 4.14. The van der Waals surface area contributed by atoms with Crippen molar-refractivity contribution < 1.29 is 0 Å². The van der Waals surface area contributed by atoms with Crippen LogP contribution in [0.5, 0.6) is 0 Å². The quantitative estimate of drug-likeness (QED) is 0.574. The van der Waals surface area contributed by atoms with E-state index in [4.69, 9.17) is 0 Å². The molecule has 0 fully saturated rings. The zero-order valence-corrected chi connectivity index (χ0v) is 9.81. The number of pyridine rings is 2. The first-order chi connectivity index (χ1) is 7.88. The lowest BCUT2D eigenvalue weighted by molar-refractivity contribution is 1.01. The average Bonchev–Trinajstić information content (AvgIpc) is 2.67. The van der Waals surface area contributed by atoms with Gasteiger partial charge in [0.25, 0.3) is 0 Å². The van der Waals surface area contributed by atoms with E-state index in [1.165, 1.54) is 11.0 Å². The standard InChI is InChI=1S/C11H9N3.C2H6/c1-14-10-2-4-12-6-8(10)9-7-13-5-3-11(9)14;1-2/h2-7H,1H3;1-2H3. The molecule has 0 atom stereocenters. The van der Waals surface area contributed by atoms with Gasteiger partial charge >= 0.3 is 0 Å². The summed E-state index contributed by atoms with van der Waals surface area (Å²) in [6, 6.07) is 4.05. The van der Waals surface area contributed by atoms with Crippen LogP contribution < -0.4 is 0 Å². The summed E-state index contributed by atoms with van der Waals surface area (Å²) in [7, 11) is 2.06. The second kappa shape index (κ2) is 4.31.